The number of aromatic nitrogens is 3. The van der Waals surface area contributed by atoms with Gasteiger partial charge >= 0.3 is 0 Å². The number of aryl methyl sites for hydroxylation is 1. The lowest BCUT2D eigenvalue weighted by atomic mass is 9.96. The predicted octanol–water partition coefficient (Wildman–Crippen LogP) is 2.49. The van der Waals surface area contributed by atoms with Gasteiger partial charge in [-0.2, -0.15) is 5.10 Å². The number of piperidine rings is 1. The van der Waals surface area contributed by atoms with Crippen LogP contribution in [0.2, 0.25) is 0 Å². The third kappa shape index (κ3) is 3.75. The van der Waals surface area contributed by atoms with Crippen LogP contribution in [0.5, 0.6) is 0 Å². The van der Waals surface area contributed by atoms with Crippen LogP contribution in [0.15, 0.2) is 48.8 Å². The normalized spacial score (nSPS) is 17.6. The molecule has 1 fully saturated rings. The Kier molecular flexibility index (Phi) is 5.17. The quantitative estimate of drug-likeness (QED) is 0.608. The molecule has 4 heterocycles. The fourth-order valence-corrected chi connectivity index (χ4v) is 5.53. The van der Waals surface area contributed by atoms with Crippen LogP contribution in [0.25, 0.3) is 11.5 Å². The summed E-state index contributed by atoms with van der Waals surface area (Å²) in [6, 6.07) is 12.2. The van der Waals surface area contributed by atoms with E-state index < -0.39 is 10.0 Å². The summed E-state index contributed by atoms with van der Waals surface area (Å²) in [5.74, 6) is 0.906. The van der Waals surface area contributed by atoms with E-state index in [2.05, 4.69) is 31.2 Å². The zero-order valence-corrected chi connectivity index (χ0v) is 19.1. The third-order valence-electron chi connectivity index (χ3n) is 6.44. The number of hydrogen-bond donors (Lipinski definition) is 0. The summed E-state index contributed by atoms with van der Waals surface area (Å²) in [5.41, 5.74) is 4.15. The molecule has 168 valence electrons. The lowest BCUT2D eigenvalue weighted by Gasteiger charge is -2.31. The van der Waals surface area contributed by atoms with Gasteiger partial charge in [0.25, 0.3) is 0 Å². The molecule has 1 amide bonds. The summed E-state index contributed by atoms with van der Waals surface area (Å²) in [4.78, 5) is 15.1. The number of amides is 1. The minimum absolute atomic E-state index is 0.0940. The molecule has 2 aliphatic heterocycles. The fraction of sp³-hybridized carbons (Fsp3) is 0.391. The van der Waals surface area contributed by atoms with Crippen molar-refractivity contribution in [2.24, 2.45) is 5.92 Å². The summed E-state index contributed by atoms with van der Waals surface area (Å²) in [7, 11) is -3.20. The van der Waals surface area contributed by atoms with Gasteiger partial charge in [-0.1, -0.05) is 17.7 Å². The first-order chi connectivity index (χ1) is 15.3. The Balaban J connectivity index is 1.39. The number of sulfonamides is 1. The van der Waals surface area contributed by atoms with Crippen molar-refractivity contribution in [3.05, 3.63) is 65.6 Å². The van der Waals surface area contributed by atoms with Crippen molar-refractivity contribution in [1.82, 2.24) is 23.6 Å². The molecule has 8 nitrogen and oxygen atoms in total. The highest BCUT2D eigenvalue weighted by atomic mass is 32.2. The minimum Gasteiger partial charge on any atom is -0.332 e. The molecule has 1 saturated heterocycles. The third-order valence-corrected chi connectivity index (χ3v) is 7.74. The highest BCUT2D eigenvalue weighted by Gasteiger charge is 2.36. The average Bonchev–Trinajstić information content (AvgIpc) is 3.49. The van der Waals surface area contributed by atoms with Crippen LogP contribution in [0, 0.1) is 12.8 Å². The van der Waals surface area contributed by atoms with Crippen LogP contribution in [0.3, 0.4) is 0 Å². The van der Waals surface area contributed by atoms with Crippen molar-refractivity contribution >= 4 is 15.9 Å². The Morgan fingerprint density at radius 2 is 1.69 bits per heavy atom. The molecule has 0 unspecified atom stereocenters. The first kappa shape index (κ1) is 21.0. The molecule has 0 aliphatic carbocycles. The van der Waals surface area contributed by atoms with E-state index in [1.54, 1.807) is 0 Å². The lowest BCUT2D eigenvalue weighted by molar-refractivity contribution is -0.137. The number of nitrogens with zero attached hydrogens (tertiary/aromatic N) is 5. The Hall–Kier alpha value is -2.91. The standard InChI is InChI=1S/C23H27N5O3S/c1-17-5-7-19(8-6-17)28-22(25-11-3-4-12-25)20-15-26(16-21(20)24-28)23(29)18-9-13-27(14-10-18)32(2,30)31/h3-8,11-12,18H,9-10,13-16H2,1-2H3. The van der Waals surface area contributed by atoms with E-state index in [1.165, 1.54) is 16.1 Å². The molecule has 32 heavy (non-hydrogen) atoms. The van der Waals surface area contributed by atoms with Crippen molar-refractivity contribution in [3.63, 3.8) is 0 Å². The van der Waals surface area contributed by atoms with Crippen molar-refractivity contribution in [2.45, 2.75) is 32.9 Å². The molecular weight excluding hydrogens is 426 g/mol. The highest BCUT2D eigenvalue weighted by molar-refractivity contribution is 7.88. The highest BCUT2D eigenvalue weighted by Crippen LogP contribution is 2.32. The van der Waals surface area contributed by atoms with Crippen LogP contribution >= 0.6 is 0 Å². The van der Waals surface area contributed by atoms with Gasteiger partial charge in [0.1, 0.15) is 5.82 Å². The molecule has 2 aromatic heterocycles. The predicted molar refractivity (Wildman–Crippen MR) is 121 cm³/mol. The van der Waals surface area contributed by atoms with Gasteiger partial charge in [0, 0.05) is 37.0 Å². The molecule has 3 aromatic rings. The van der Waals surface area contributed by atoms with Gasteiger partial charge in [0.15, 0.2) is 0 Å². The van der Waals surface area contributed by atoms with Gasteiger partial charge in [-0.05, 0) is 44.0 Å². The molecule has 0 N–H and O–H groups in total. The zero-order valence-electron chi connectivity index (χ0n) is 18.3. The molecule has 1 aromatic carbocycles. The van der Waals surface area contributed by atoms with Crippen molar-refractivity contribution in [1.29, 1.82) is 0 Å². The summed E-state index contributed by atoms with van der Waals surface area (Å²) in [5, 5.41) is 4.88. The largest absolute Gasteiger partial charge is 0.332 e. The van der Waals surface area contributed by atoms with E-state index in [0.29, 0.717) is 39.0 Å². The minimum atomic E-state index is -3.20. The van der Waals surface area contributed by atoms with Gasteiger partial charge in [0.05, 0.1) is 30.7 Å². The number of carbonyl (C=O) groups excluding carboxylic acids is 1. The summed E-state index contributed by atoms with van der Waals surface area (Å²) in [6.07, 6.45) is 6.34. The van der Waals surface area contributed by atoms with E-state index >= 15 is 0 Å². The number of carbonyl (C=O) groups is 1. The smallest absolute Gasteiger partial charge is 0.226 e. The van der Waals surface area contributed by atoms with E-state index in [9.17, 15) is 13.2 Å². The first-order valence-electron chi connectivity index (χ1n) is 10.9. The number of rotatable bonds is 4. The Bertz CT molecular complexity index is 1240. The zero-order chi connectivity index (χ0) is 22.5. The van der Waals surface area contributed by atoms with Crippen LogP contribution in [-0.2, 0) is 27.9 Å². The number of fused-ring (bicyclic) bond motifs is 1. The maximum atomic E-state index is 13.2. The van der Waals surface area contributed by atoms with Crippen LogP contribution in [0.1, 0.15) is 29.7 Å². The second-order valence-electron chi connectivity index (χ2n) is 8.72. The monoisotopic (exact) mass is 453 g/mol. The first-order valence-corrected chi connectivity index (χ1v) is 12.7. The van der Waals surface area contributed by atoms with Crippen LogP contribution < -0.4 is 0 Å². The molecule has 0 saturated carbocycles. The molecule has 9 heteroatoms. The number of benzene rings is 1. The maximum Gasteiger partial charge on any atom is 0.226 e. The van der Waals surface area contributed by atoms with Crippen molar-refractivity contribution in [2.75, 3.05) is 19.3 Å². The van der Waals surface area contributed by atoms with Crippen molar-refractivity contribution in [3.8, 4) is 11.5 Å². The summed E-state index contributed by atoms with van der Waals surface area (Å²) >= 11 is 0. The van der Waals surface area contributed by atoms with Crippen LogP contribution in [0.4, 0.5) is 0 Å². The second kappa shape index (κ2) is 7.90. The van der Waals surface area contributed by atoms with E-state index in [-0.39, 0.29) is 11.8 Å². The lowest BCUT2D eigenvalue weighted by Crippen LogP contribution is -2.42. The van der Waals surface area contributed by atoms with E-state index in [4.69, 9.17) is 5.10 Å². The van der Waals surface area contributed by atoms with E-state index in [1.807, 2.05) is 38.7 Å². The molecule has 0 atom stereocenters. The second-order valence-corrected chi connectivity index (χ2v) is 10.7. The van der Waals surface area contributed by atoms with E-state index in [0.717, 1.165) is 22.8 Å². The maximum absolute atomic E-state index is 13.2. The Morgan fingerprint density at radius 1 is 1.03 bits per heavy atom. The average molecular weight is 454 g/mol. The molecule has 0 bridgehead atoms. The molecule has 0 radical (unpaired) electrons. The van der Waals surface area contributed by atoms with Gasteiger partial charge in [-0.3, -0.25) is 4.79 Å². The summed E-state index contributed by atoms with van der Waals surface area (Å²) in [6.45, 7) is 3.86. The Morgan fingerprint density at radius 3 is 2.31 bits per heavy atom. The van der Waals surface area contributed by atoms with Crippen molar-refractivity contribution < 1.29 is 13.2 Å². The molecular formula is C23H27N5O3S. The molecule has 2 aliphatic rings. The van der Waals surface area contributed by atoms with Gasteiger partial charge in [0.2, 0.25) is 15.9 Å². The fourth-order valence-electron chi connectivity index (χ4n) is 4.66. The van der Waals surface area contributed by atoms with Gasteiger partial charge in [-0.15, -0.1) is 0 Å². The molecule has 0 spiro atoms. The topological polar surface area (TPSA) is 80.4 Å². The van der Waals surface area contributed by atoms with Crippen LogP contribution in [-0.4, -0.2) is 57.2 Å². The summed E-state index contributed by atoms with van der Waals surface area (Å²) < 4.78 is 29.0. The molecule has 5 rings (SSSR count). The SMILES string of the molecule is Cc1ccc(-n2nc3c(c2-n2cccc2)CN(C(=O)C2CCN(S(C)(=O)=O)CC2)C3)cc1. The van der Waals surface area contributed by atoms with Gasteiger partial charge < -0.3 is 9.47 Å². The van der Waals surface area contributed by atoms with Gasteiger partial charge in [-0.25, -0.2) is 17.4 Å². The Labute approximate surface area is 188 Å². The number of hydrogen-bond acceptors (Lipinski definition) is 4.